The van der Waals surface area contributed by atoms with Gasteiger partial charge in [-0.05, 0) is 87.6 Å². The lowest BCUT2D eigenvalue weighted by molar-refractivity contribution is -0.148. The van der Waals surface area contributed by atoms with Crippen LogP contribution in [0.25, 0.3) is 0 Å². The number of aliphatic carboxylic acids is 1. The molecule has 2 aromatic carbocycles. The Morgan fingerprint density at radius 3 is 2.66 bits per heavy atom. The van der Waals surface area contributed by atoms with Gasteiger partial charge in [0.2, 0.25) is 0 Å². The Morgan fingerprint density at radius 1 is 1.22 bits per heavy atom. The normalized spacial score (nSPS) is 20.8. The maximum Gasteiger partial charge on any atom is 0.309 e. The molecule has 1 aromatic heterocycles. The maximum absolute atomic E-state index is 12.4. The number of ether oxygens (including phenoxy) is 1. The SMILES string of the molecule is CC[C@@H]1CN(Cc2cc([C@@H](CCc3cn(C4CCC4)nn3)C(C)(C)C(=O)O)ccc2Cl)S(O)(O)c2ccccc2O1. The van der Waals surface area contributed by atoms with E-state index in [4.69, 9.17) is 16.3 Å². The summed E-state index contributed by atoms with van der Waals surface area (Å²) >= 11 is 6.68. The van der Waals surface area contributed by atoms with Crippen LogP contribution in [-0.2, 0) is 17.8 Å². The second-order valence-electron chi connectivity index (χ2n) is 11.7. The van der Waals surface area contributed by atoms with E-state index < -0.39 is 22.2 Å². The predicted octanol–water partition coefficient (Wildman–Crippen LogP) is 7.18. The van der Waals surface area contributed by atoms with Gasteiger partial charge in [0.25, 0.3) is 0 Å². The predicted molar refractivity (Wildman–Crippen MR) is 160 cm³/mol. The molecule has 1 aliphatic heterocycles. The third-order valence-electron chi connectivity index (χ3n) is 8.60. The molecule has 2 atom stereocenters. The molecule has 11 heteroatoms. The second kappa shape index (κ2) is 11.9. The number of hydrogen-bond donors (Lipinski definition) is 3. The molecule has 5 rings (SSSR count). The van der Waals surface area contributed by atoms with Crippen LogP contribution in [0.5, 0.6) is 5.75 Å². The number of fused-ring (bicyclic) bond motifs is 1. The van der Waals surface area contributed by atoms with E-state index >= 15 is 0 Å². The summed E-state index contributed by atoms with van der Waals surface area (Å²) in [7, 11) is -3.36. The van der Waals surface area contributed by atoms with Gasteiger partial charge in [-0.1, -0.05) is 48.0 Å². The summed E-state index contributed by atoms with van der Waals surface area (Å²) in [6.45, 7) is 5.95. The van der Waals surface area contributed by atoms with Gasteiger partial charge in [-0.3, -0.25) is 13.9 Å². The van der Waals surface area contributed by atoms with Gasteiger partial charge in [0.05, 0.1) is 23.7 Å². The Kier molecular flexibility index (Phi) is 8.69. The number of carboxylic acid groups (broad SMARTS) is 1. The van der Waals surface area contributed by atoms with Crippen LogP contribution in [0, 0.1) is 5.41 Å². The van der Waals surface area contributed by atoms with E-state index in [0.29, 0.717) is 53.1 Å². The molecule has 0 saturated heterocycles. The minimum absolute atomic E-state index is 0.166. The highest BCUT2D eigenvalue weighted by Crippen LogP contribution is 2.57. The lowest BCUT2D eigenvalue weighted by atomic mass is 9.72. The molecule has 9 nitrogen and oxygen atoms in total. The van der Waals surface area contributed by atoms with Gasteiger partial charge in [-0.2, -0.15) is 4.31 Å². The number of rotatable bonds is 10. The van der Waals surface area contributed by atoms with Crippen molar-refractivity contribution in [3.8, 4) is 5.75 Å². The zero-order chi connectivity index (χ0) is 29.4. The van der Waals surface area contributed by atoms with Crippen LogP contribution in [0.1, 0.15) is 81.7 Å². The number of carbonyl (C=O) groups is 1. The van der Waals surface area contributed by atoms with Gasteiger partial charge in [0.1, 0.15) is 16.7 Å². The van der Waals surface area contributed by atoms with Gasteiger partial charge >= 0.3 is 5.97 Å². The fourth-order valence-electron chi connectivity index (χ4n) is 5.59. The monoisotopic (exact) mass is 602 g/mol. The molecule has 0 unspecified atom stereocenters. The number of halogens is 1. The third-order valence-corrected chi connectivity index (χ3v) is 10.9. The minimum Gasteiger partial charge on any atom is -0.487 e. The lowest BCUT2D eigenvalue weighted by Gasteiger charge is -2.42. The molecule has 1 saturated carbocycles. The number of aryl methyl sites for hydroxylation is 1. The van der Waals surface area contributed by atoms with E-state index in [1.807, 2.05) is 36.0 Å². The quantitative estimate of drug-likeness (QED) is 0.223. The molecule has 2 heterocycles. The molecule has 2 aliphatic rings. The van der Waals surface area contributed by atoms with E-state index in [1.165, 1.54) is 6.42 Å². The summed E-state index contributed by atoms with van der Waals surface area (Å²) < 4.78 is 32.6. The first-order valence-corrected chi connectivity index (χ1v) is 16.1. The van der Waals surface area contributed by atoms with Crippen molar-refractivity contribution in [1.82, 2.24) is 19.3 Å². The summed E-state index contributed by atoms with van der Waals surface area (Å²) in [5.41, 5.74) is 1.31. The molecule has 1 fully saturated rings. The van der Waals surface area contributed by atoms with Gasteiger partial charge in [0, 0.05) is 17.8 Å². The van der Waals surface area contributed by atoms with E-state index in [2.05, 4.69) is 10.3 Å². The summed E-state index contributed by atoms with van der Waals surface area (Å²) in [5.74, 6) is -0.764. The van der Waals surface area contributed by atoms with Gasteiger partial charge in [-0.15, -0.1) is 15.9 Å². The van der Waals surface area contributed by atoms with Crippen LogP contribution in [0.15, 0.2) is 53.6 Å². The number of carboxylic acids is 1. The zero-order valence-corrected chi connectivity index (χ0v) is 25.3. The number of benzene rings is 2. The van der Waals surface area contributed by atoms with Crippen molar-refractivity contribution in [2.45, 2.75) is 88.8 Å². The first-order chi connectivity index (χ1) is 19.5. The Labute approximate surface area is 248 Å². The summed E-state index contributed by atoms with van der Waals surface area (Å²) in [6, 6.07) is 13.0. The first-order valence-electron chi connectivity index (χ1n) is 14.2. The molecule has 1 aliphatic carbocycles. The Morgan fingerprint density at radius 2 is 1.98 bits per heavy atom. The Balaban J connectivity index is 1.43. The number of aromatic nitrogens is 3. The maximum atomic E-state index is 12.4. The Bertz CT molecular complexity index is 1390. The van der Waals surface area contributed by atoms with Crippen LogP contribution in [0.3, 0.4) is 0 Å². The standard InChI is InChI=1S/C30H39ClN4O5S/c1-4-24-19-34(41(38,39)28-11-6-5-10-27(28)40-24)17-21-16-20(12-15-26(21)31)25(30(2,3)29(36)37)14-13-22-18-35(33-32-22)23-8-7-9-23/h5-6,10-12,15-16,18,23-25,38-39H,4,7-9,13-14,17,19H2,1-3H3,(H,36,37)/t24-,25-/m1/s1. The lowest BCUT2D eigenvalue weighted by Crippen LogP contribution is -2.34. The van der Waals surface area contributed by atoms with Crippen LogP contribution in [0.2, 0.25) is 5.02 Å². The van der Waals surface area contributed by atoms with Crippen molar-refractivity contribution in [3.05, 3.63) is 70.5 Å². The third kappa shape index (κ3) is 6.12. The topological polar surface area (TPSA) is 121 Å². The molecular weight excluding hydrogens is 564 g/mol. The highest BCUT2D eigenvalue weighted by molar-refractivity contribution is 8.22. The number of nitrogens with zero attached hydrogens (tertiary/aromatic N) is 4. The van der Waals surface area contributed by atoms with Crippen LogP contribution < -0.4 is 4.74 Å². The fraction of sp³-hybridized carbons (Fsp3) is 0.500. The first kappa shape index (κ1) is 29.8. The van der Waals surface area contributed by atoms with Gasteiger partial charge < -0.3 is 9.84 Å². The molecule has 3 N–H and O–H groups in total. The number of para-hydroxylation sites is 1. The molecule has 0 spiro atoms. The summed E-state index contributed by atoms with van der Waals surface area (Å²) in [6.07, 6.45) is 7.02. The van der Waals surface area contributed by atoms with Crippen molar-refractivity contribution in [2.75, 3.05) is 6.54 Å². The van der Waals surface area contributed by atoms with Crippen molar-refractivity contribution in [1.29, 1.82) is 0 Å². The molecule has 222 valence electrons. The largest absolute Gasteiger partial charge is 0.487 e. The molecular formula is C30H39ClN4O5S. The van der Waals surface area contributed by atoms with Crippen molar-refractivity contribution in [2.24, 2.45) is 5.41 Å². The van der Waals surface area contributed by atoms with Crippen molar-refractivity contribution in [3.63, 3.8) is 0 Å². The second-order valence-corrected chi connectivity index (χ2v) is 14.1. The average Bonchev–Trinajstić information content (AvgIpc) is 3.32. The minimum atomic E-state index is -3.36. The Hall–Kier alpha value is -2.63. The van der Waals surface area contributed by atoms with Crippen molar-refractivity contribution >= 4 is 28.3 Å². The van der Waals surface area contributed by atoms with Crippen LogP contribution in [0.4, 0.5) is 0 Å². The molecule has 41 heavy (non-hydrogen) atoms. The molecule has 0 radical (unpaired) electrons. The van der Waals surface area contributed by atoms with Gasteiger partial charge in [-0.25, -0.2) is 4.68 Å². The van der Waals surface area contributed by atoms with E-state index in [0.717, 1.165) is 24.1 Å². The van der Waals surface area contributed by atoms with Crippen LogP contribution >= 0.6 is 22.4 Å². The van der Waals surface area contributed by atoms with E-state index in [9.17, 15) is 19.0 Å². The zero-order valence-electron chi connectivity index (χ0n) is 23.7. The van der Waals surface area contributed by atoms with Gasteiger partial charge in [0.15, 0.2) is 0 Å². The molecule has 0 amide bonds. The van der Waals surface area contributed by atoms with Crippen molar-refractivity contribution < 1.29 is 23.7 Å². The summed E-state index contributed by atoms with van der Waals surface area (Å²) in [5, 5.41) is 19.3. The highest BCUT2D eigenvalue weighted by Gasteiger charge is 2.39. The smallest absolute Gasteiger partial charge is 0.309 e. The molecule has 0 bridgehead atoms. The summed E-state index contributed by atoms with van der Waals surface area (Å²) in [4.78, 5) is 12.8. The number of hydrogen-bond acceptors (Lipinski definition) is 7. The fourth-order valence-corrected chi connectivity index (χ4v) is 7.39. The van der Waals surface area contributed by atoms with E-state index in [1.54, 1.807) is 42.4 Å². The molecule has 3 aromatic rings. The van der Waals surface area contributed by atoms with E-state index in [-0.39, 0.29) is 18.6 Å². The van der Waals surface area contributed by atoms with Crippen LogP contribution in [-0.4, -0.2) is 52.1 Å². The highest BCUT2D eigenvalue weighted by atomic mass is 35.5. The average molecular weight is 603 g/mol.